The summed E-state index contributed by atoms with van der Waals surface area (Å²) < 4.78 is 1.80. The third-order valence-electron chi connectivity index (χ3n) is 2.42. The standard InChI is InChI=1S/C12H13ClN4S/c1-7-6-10(17(2)16-7)18-9-5-3-4-8(13)11(9)12(14)15/h3-6H,1-2H3,(H3,14,15). The first-order valence-electron chi connectivity index (χ1n) is 5.30. The number of nitrogen functional groups attached to an aromatic ring is 1. The normalized spacial score (nSPS) is 10.6. The minimum absolute atomic E-state index is 0.0259. The van der Waals surface area contributed by atoms with Gasteiger partial charge < -0.3 is 5.73 Å². The van der Waals surface area contributed by atoms with Crippen molar-refractivity contribution in [2.45, 2.75) is 16.8 Å². The van der Waals surface area contributed by atoms with E-state index in [0.717, 1.165) is 15.6 Å². The van der Waals surface area contributed by atoms with E-state index in [4.69, 9.17) is 22.7 Å². The van der Waals surface area contributed by atoms with Crippen LogP contribution in [0.3, 0.4) is 0 Å². The Kier molecular flexibility index (Phi) is 3.63. The molecule has 0 amide bonds. The molecule has 0 radical (unpaired) electrons. The minimum atomic E-state index is -0.0259. The molecule has 3 N–H and O–H groups in total. The highest BCUT2D eigenvalue weighted by Gasteiger charge is 2.13. The Labute approximate surface area is 115 Å². The average molecular weight is 281 g/mol. The Morgan fingerprint density at radius 1 is 1.50 bits per heavy atom. The summed E-state index contributed by atoms with van der Waals surface area (Å²) in [6.45, 7) is 1.94. The van der Waals surface area contributed by atoms with Crippen molar-refractivity contribution in [3.63, 3.8) is 0 Å². The van der Waals surface area contributed by atoms with E-state index in [9.17, 15) is 0 Å². The van der Waals surface area contributed by atoms with Crippen molar-refractivity contribution in [3.8, 4) is 0 Å². The molecule has 0 spiro atoms. The number of hydrogen-bond acceptors (Lipinski definition) is 3. The van der Waals surface area contributed by atoms with Crippen molar-refractivity contribution >= 4 is 29.2 Å². The van der Waals surface area contributed by atoms with E-state index in [1.807, 2.05) is 32.2 Å². The molecule has 0 aliphatic heterocycles. The molecule has 0 saturated heterocycles. The van der Waals surface area contributed by atoms with Crippen LogP contribution in [0.4, 0.5) is 0 Å². The van der Waals surface area contributed by atoms with E-state index in [1.165, 1.54) is 11.8 Å². The molecular weight excluding hydrogens is 268 g/mol. The maximum Gasteiger partial charge on any atom is 0.125 e. The average Bonchev–Trinajstić information content (AvgIpc) is 2.57. The van der Waals surface area contributed by atoms with Gasteiger partial charge in [0, 0.05) is 17.5 Å². The summed E-state index contributed by atoms with van der Waals surface area (Å²) in [5.74, 6) is -0.0259. The number of hydrogen-bond donors (Lipinski definition) is 2. The van der Waals surface area contributed by atoms with E-state index >= 15 is 0 Å². The van der Waals surface area contributed by atoms with Crippen molar-refractivity contribution in [1.82, 2.24) is 9.78 Å². The van der Waals surface area contributed by atoms with Crippen LogP contribution in [-0.2, 0) is 7.05 Å². The molecule has 0 aliphatic rings. The van der Waals surface area contributed by atoms with Gasteiger partial charge in [-0.3, -0.25) is 10.1 Å². The lowest BCUT2D eigenvalue weighted by atomic mass is 10.2. The molecule has 94 valence electrons. The van der Waals surface area contributed by atoms with Gasteiger partial charge in [0.25, 0.3) is 0 Å². The Morgan fingerprint density at radius 2 is 2.22 bits per heavy atom. The number of nitrogens with two attached hydrogens (primary N) is 1. The molecule has 2 rings (SSSR count). The topological polar surface area (TPSA) is 67.7 Å². The van der Waals surface area contributed by atoms with Crippen molar-refractivity contribution in [2.75, 3.05) is 0 Å². The second kappa shape index (κ2) is 5.04. The highest BCUT2D eigenvalue weighted by atomic mass is 35.5. The molecule has 0 aliphatic carbocycles. The molecule has 2 aromatic rings. The number of rotatable bonds is 3. The summed E-state index contributed by atoms with van der Waals surface area (Å²) in [4.78, 5) is 0.859. The van der Waals surface area contributed by atoms with E-state index in [2.05, 4.69) is 5.10 Å². The third kappa shape index (κ3) is 2.52. The van der Waals surface area contributed by atoms with Crippen molar-refractivity contribution in [3.05, 3.63) is 40.5 Å². The van der Waals surface area contributed by atoms with Crippen LogP contribution in [0.1, 0.15) is 11.3 Å². The highest BCUT2D eigenvalue weighted by molar-refractivity contribution is 7.99. The van der Waals surface area contributed by atoms with Crippen LogP contribution in [0.2, 0.25) is 5.02 Å². The maximum absolute atomic E-state index is 7.60. The number of halogens is 1. The summed E-state index contributed by atoms with van der Waals surface area (Å²) >= 11 is 7.58. The molecule has 18 heavy (non-hydrogen) atoms. The highest BCUT2D eigenvalue weighted by Crippen LogP contribution is 2.33. The predicted molar refractivity (Wildman–Crippen MR) is 74.5 cm³/mol. The lowest BCUT2D eigenvalue weighted by Gasteiger charge is -2.09. The fraction of sp³-hybridized carbons (Fsp3) is 0.167. The first-order chi connectivity index (χ1) is 8.49. The second-order valence-corrected chi connectivity index (χ2v) is 5.35. The first-order valence-corrected chi connectivity index (χ1v) is 6.50. The molecule has 1 heterocycles. The largest absolute Gasteiger partial charge is 0.384 e. The quantitative estimate of drug-likeness (QED) is 0.671. The summed E-state index contributed by atoms with van der Waals surface area (Å²) in [6.07, 6.45) is 0. The van der Waals surface area contributed by atoms with Crippen LogP contribution in [0.15, 0.2) is 34.2 Å². The molecular formula is C12H13ClN4S. The Hall–Kier alpha value is -1.46. The van der Waals surface area contributed by atoms with Crippen LogP contribution < -0.4 is 5.73 Å². The van der Waals surface area contributed by atoms with Crippen molar-refractivity contribution < 1.29 is 0 Å². The summed E-state index contributed by atoms with van der Waals surface area (Å²) in [5, 5.41) is 13.4. The van der Waals surface area contributed by atoms with Gasteiger partial charge in [-0.2, -0.15) is 5.10 Å². The van der Waals surface area contributed by atoms with Gasteiger partial charge in [0.2, 0.25) is 0 Å². The fourth-order valence-electron chi connectivity index (χ4n) is 1.65. The number of nitrogens with one attached hydrogen (secondary N) is 1. The summed E-state index contributed by atoms with van der Waals surface area (Å²) in [6, 6.07) is 7.46. The lowest BCUT2D eigenvalue weighted by Crippen LogP contribution is -2.13. The number of nitrogens with zero attached hydrogens (tertiary/aromatic N) is 2. The molecule has 0 fully saturated rings. The molecule has 4 nitrogen and oxygen atoms in total. The number of benzene rings is 1. The predicted octanol–water partition coefficient (Wildman–Crippen LogP) is 2.82. The molecule has 1 aromatic carbocycles. The SMILES string of the molecule is Cc1cc(Sc2cccc(Cl)c2C(=N)N)n(C)n1. The molecule has 0 bridgehead atoms. The zero-order chi connectivity index (χ0) is 13.3. The van der Waals surface area contributed by atoms with Crippen molar-refractivity contribution in [1.29, 1.82) is 5.41 Å². The van der Waals surface area contributed by atoms with Gasteiger partial charge in [0.1, 0.15) is 5.84 Å². The van der Waals surface area contributed by atoms with E-state index in [-0.39, 0.29) is 5.84 Å². The monoisotopic (exact) mass is 280 g/mol. The fourth-order valence-corrected chi connectivity index (χ4v) is 3.07. The molecule has 0 unspecified atom stereocenters. The zero-order valence-electron chi connectivity index (χ0n) is 10.1. The number of amidine groups is 1. The minimum Gasteiger partial charge on any atom is -0.384 e. The van der Waals surface area contributed by atoms with Gasteiger partial charge in [-0.25, -0.2) is 0 Å². The van der Waals surface area contributed by atoms with Gasteiger partial charge in [0.05, 0.1) is 15.7 Å². The smallest absolute Gasteiger partial charge is 0.125 e. The number of aryl methyl sites for hydroxylation is 2. The van der Waals surface area contributed by atoms with E-state index in [1.54, 1.807) is 10.7 Å². The van der Waals surface area contributed by atoms with Crippen LogP contribution in [-0.4, -0.2) is 15.6 Å². The van der Waals surface area contributed by atoms with Gasteiger partial charge in [-0.15, -0.1) is 0 Å². The Balaban J connectivity index is 2.43. The Bertz CT molecular complexity index is 606. The molecule has 6 heteroatoms. The lowest BCUT2D eigenvalue weighted by molar-refractivity contribution is 0.692. The van der Waals surface area contributed by atoms with E-state index in [0.29, 0.717) is 10.6 Å². The summed E-state index contributed by atoms with van der Waals surface area (Å²) in [7, 11) is 1.88. The van der Waals surface area contributed by atoms with Crippen LogP contribution in [0, 0.1) is 12.3 Å². The van der Waals surface area contributed by atoms with Gasteiger partial charge in [-0.1, -0.05) is 29.4 Å². The zero-order valence-corrected chi connectivity index (χ0v) is 11.6. The molecule has 0 atom stereocenters. The molecule has 1 aromatic heterocycles. The van der Waals surface area contributed by atoms with Gasteiger partial charge in [-0.05, 0) is 25.1 Å². The van der Waals surface area contributed by atoms with Gasteiger partial charge >= 0.3 is 0 Å². The number of aromatic nitrogens is 2. The summed E-state index contributed by atoms with van der Waals surface area (Å²) in [5.41, 5.74) is 7.10. The first kappa shape index (κ1) is 13.0. The van der Waals surface area contributed by atoms with Crippen LogP contribution >= 0.6 is 23.4 Å². The maximum atomic E-state index is 7.60. The van der Waals surface area contributed by atoms with E-state index < -0.39 is 0 Å². The van der Waals surface area contributed by atoms with Crippen LogP contribution in [0.5, 0.6) is 0 Å². The van der Waals surface area contributed by atoms with Gasteiger partial charge in [0.15, 0.2) is 0 Å². The molecule has 0 saturated carbocycles. The van der Waals surface area contributed by atoms with Crippen LogP contribution in [0.25, 0.3) is 0 Å². The second-order valence-electron chi connectivity index (χ2n) is 3.88. The Morgan fingerprint density at radius 3 is 2.78 bits per heavy atom. The van der Waals surface area contributed by atoms with Crippen molar-refractivity contribution in [2.24, 2.45) is 12.8 Å². The third-order valence-corrected chi connectivity index (χ3v) is 3.88.